The molecule has 206 valence electrons. The monoisotopic (exact) mass is 536 g/mol. The highest BCUT2D eigenvalue weighted by atomic mass is 16.5. The molecule has 1 saturated heterocycles. The average molecular weight is 537 g/mol. The predicted molar refractivity (Wildman–Crippen MR) is 159 cm³/mol. The minimum Gasteiger partial charge on any atom is -0.490 e. The summed E-state index contributed by atoms with van der Waals surface area (Å²) in [5, 5.41) is 7.41. The molecule has 7 heteroatoms. The molecule has 3 heterocycles. The quantitative estimate of drug-likeness (QED) is 0.231. The minimum absolute atomic E-state index is 0.185. The lowest BCUT2D eigenvalue weighted by Crippen LogP contribution is -2.34. The molecule has 40 heavy (non-hydrogen) atoms. The molecule has 1 amide bonds. The fourth-order valence-corrected chi connectivity index (χ4v) is 5.97. The fourth-order valence-electron chi connectivity index (χ4n) is 5.97. The number of carbonyl (C=O) groups excluding carboxylic acids is 2. The Kier molecular flexibility index (Phi) is 7.55. The van der Waals surface area contributed by atoms with Gasteiger partial charge in [0, 0.05) is 42.4 Å². The molecule has 3 aromatic carbocycles. The van der Waals surface area contributed by atoms with Gasteiger partial charge in [-0.25, -0.2) is 0 Å². The molecule has 0 aliphatic carbocycles. The van der Waals surface area contributed by atoms with Gasteiger partial charge in [0.25, 0.3) is 0 Å². The summed E-state index contributed by atoms with van der Waals surface area (Å²) in [5.41, 5.74) is 5.81. The molecule has 0 radical (unpaired) electrons. The van der Waals surface area contributed by atoms with Crippen molar-refractivity contribution in [3.8, 4) is 5.75 Å². The Labute approximate surface area is 235 Å². The average Bonchev–Trinajstić information content (AvgIpc) is 3.31. The highest BCUT2D eigenvalue weighted by Crippen LogP contribution is 2.34. The smallest absolute Gasteiger partial charge is 0.232 e. The normalized spacial score (nSPS) is 15.6. The van der Waals surface area contributed by atoms with E-state index >= 15 is 0 Å². The number of nitrogens with zero attached hydrogens (tertiary/aromatic N) is 2. The van der Waals surface area contributed by atoms with Crippen molar-refractivity contribution in [3.05, 3.63) is 89.6 Å². The van der Waals surface area contributed by atoms with E-state index in [9.17, 15) is 9.59 Å². The van der Waals surface area contributed by atoms with Gasteiger partial charge in [0.1, 0.15) is 11.9 Å². The topological polar surface area (TPSA) is 75.6 Å². The highest BCUT2D eigenvalue weighted by Gasteiger charge is 2.22. The van der Waals surface area contributed by atoms with Crippen LogP contribution in [0.15, 0.2) is 72.8 Å². The van der Waals surface area contributed by atoms with Gasteiger partial charge in [-0.1, -0.05) is 36.4 Å². The Balaban J connectivity index is 1.11. The predicted octanol–water partition coefficient (Wildman–Crippen LogP) is 5.47. The van der Waals surface area contributed by atoms with Crippen LogP contribution in [0.1, 0.15) is 47.3 Å². The first-order valence-corrected chi connectivity index (χ1v) is 14.3. The number of hydrogen-bond acceptors (Lipinski definition) is 5. The molecule has 2 aliphatic rings. The number of aryl methyl sites for hydroxylation is 1. The lowest BCUT2D eigenvalue weighted by atomic mass is 9.98. The summed E-state index contributed by atoms with van der Waals surface area (Å²) in [4.78, 5) is 28.4. The molecule has 4 aromatic rings. The molecular weight excluding hydrogens is 500 g/mol. The van der Waals surface area contributed by atoms with Crippen LogP contribution in [-0.4, -0.2) is 42.0 Å². The van der Waals surface area contributed by atoms with Gasteiger partial charge in [-0.05, 0) is 86.3 Å². The number of hydrogen-bond donors (Lipinski definition) is 2. The molecule has 1 aromatic heterocycles. The maximum absolute atomic E-state index is 13.0. The fraction of sp³-hybridized carbons (Fsp3) is 0.333. The molecule has 1 fully saturated rings. The van der Waals surface area contributed by atoms with Gasteiger partial charge >= 0.3 is 0 Å². The van der Waals surface area contributed by atoms with Gasteiger partial charge in [0.15, 0.2) is 5.78 Å². The third-order valence-corrected chi connectivity index (χ3v) is 8.07. The first-order valence-electron chi connectivity index (χ1n) is 14.3. The Morgan fingerprint density at radius 2 is 1.80 bits per heavy atom. The van der Waals surface area contributed by atoms with E-state index in [-0.39, 0.29) is 24.2 Å². The van der Waals surface area contributed by atoms with Crippen LogP contribution < -0.4 is 20.3 Å². The molecule has 7 nitrogen and oxygen atoms in total. The zero-order chi connectivity index (χ0) is 27.5. The zero-order valence-electron chi connectivity index (χ0n) is 23.0. The number of benzene rings is 3. The Hall–Kier alpha value is -4.10. The van der Waals surface area contributed by atoms with Crippen molar-refractivity contribution < 1.29 is 14.3 Å². The number of fused-ring (bicyclic) bond motifs is 2. The molecule has 2 N–H and O–H groups in total. The van der Waals surface area contributed by atoms with Crippen molar-refractivity contribution in [3.63, 3.8) is 0 Å². The Bertz CT molecular complexity index is 1520. The Morgan fingerprint density at radius 1 is 1.00 bits per heavy atom. The largest absolute Gasteiger partial charge is 0.490 e. The van der Waals surface area contributed by atoms with E-state index in [0.717, 1.165) is 85.5 Å². The second-order valence-corrected chi connectivity index (χ2v) is 10.8. The van der Waals surface area contributed by atoms with E-state index < -0.39 is 0 Å². The van der Waals surface area contributed by atoms with E-state index in [0.29, 0.717) is 5.69 Å². The van der Waals surface area contributed by atoms with Crippen LogP contribution in [-0.2, 0) is 24.8 Å². The van der Waals surface area contributed by atoms with E-state index in [1.807, 2.05) is 54.1 Å². The van der Waals surface area contributed by atoms with Gasteiger partial charge in [-0.3, -0.25) is 9.59 Å². The van der Waals surface area contributed by atoms with Gasteiger partial charge in [-0.2, -0.15) is 0 Å². The number of rotatable bonds is 8. The van der Waals surface area contributed by atoms with Gasteiger partial charge in [0.05, 0.1) is 12.1 Å². The number of piperidine rings is 1. The number of ketones is 1. The third kappa shape index (κ3) is 5.61. The summed E-state index contributed by atoms with van der Waals surface area (Å²) in [5.74, 6) is 0.456. The summed E-state index contributed by atoms with van der Waals surface area (Å²) < 4.78 is 8.03. The highest BCUT2D eigenvalue weighted by molar-refractivity contribution is 6.12. The van der Waals surface area contributed by atoms with Crippen LogP contribution in [0, 0.1) is 0 Å². The van der Waals surface area contributed by atoms with Crippen molar-refractivity contribution >= 4 is 34.0 Å². The zero-order valence-corrected chi connectivity index (χ0v) is 23.0. The number of aromatic nitrogens is 1. The molecule has 6 rings (SSSR count). The van der Waals surface area contributed by atoms with Crippen molar-refractivity contribution in [1.29, 1.82) is 0 Å². The first kappa shape index (κ1) is 26.1. The van der Waals surface area contributed by atoms with E-state index in [4.69, 9.17) is 4.74 Å². The van der Waals surface area contributed by atoms with E-state index in [2.05, 4.69) is 45.9 Å². The van der Waals surface area contributed by atoms with Crippen molar-refractivity contribution in [1.82, 2.24) is 9.88 Å². The van der Waals surface area contributed by atoms with Crippen LogP contribution in [0.25, 0.3) is 10.9 Å². The number of amides is 1. The maximum atomic E-state index is 13.0. The van der Waals surface area contributed by atoms with E-state index in [1.165, 1.54) is 5.56 Å². The Morgan fingerprint density at radius 3 is 2.60 bits per heavy atom. The minimum atomic E-state index is -0.287. The molecule has 0 atom stereocenters. The summed E-state index contributed by atoms with van der Waals surface area (Å²) in [7, 11) is 1.87. The first-order chi connectivity index (χ1) is 19.5. The van der Waals surface area contributed by atoms with Gasteiger partial charge in [-0.15, -0.1) is 0 Å². The second-order valence-electron chi connectivity index (χ2n) is 10.8. The molecule has 2 aliphatic heterocycles. The van der Waals surface area contributed by atoms with Crippen LogP contribution in [0.5, 0.6) is 5.75 Å². The van der Waals surface area contributed by atoms with E-state index in [1.54, 1.807) is 0 Å². The molecule has 0 unspecified atom stereocenters. The number of ether oxygens (including phenoxy) is 1. The summed E-state index contributed by atoms with van der Waals surface area (Å²) in [6, 6.07) is 24.2. The lowest BCUT2D eigenvalue weighted by Gasteiger charge is -2.32. The molecule has 0 spiro atoms. The summed E-state index contributed by atoms with van der Waals surface area (Å²) >= 11 is 0. The standard InChI is InChI=1S/C33H36N4O3/c1-36-29-9-3-2-6-24(29)20-31(36)32(38)21-33(39)35-28-8-4-10-30-27(28)7-5-19-37(30)22-23-11-13-25(14-12-23)40-26-15-17-34-18-16-26/h2-4,6,8-14,20,26,34H,5,7,15-19,21-22H2,1H3,(H,35,39). The lowest BCUT2D eigenvalue weighted by molar-refractivity contribution is -0.115. The van der Waals surface area contributed by atoms with Crippen molar-refractivity contribution in [2.24, 2.45) is 7.05 Å². The summed E-state index contributed by atoms with van der Waals surface area (Å²) in [6.45, 7) is 3.77. The number of nitrogens with one attached hydrogen (secondary N) is 2. The van der Waals surface area contributed by atoms with Gasteiger partial charge in [0.2, 0.25) is 5.91 Å². The van der Waals surface area contributed by atoms with Crippen LogP contribution in [0.2, 0.25) is 0 Å². The number of carbonyl (C=O) groups is 2. The number of anilines is 2. The molecular formula is C33H36N4O3. The maximum Gasteiger partial charge on any atom is 0.232 e. The number of Topliss-reactive ketones (excluding diaryl/α,β-unsaturated/α-hetero) is 1. The third-order valence-electron chi connectivity index (χ3n) is 8.07. The number of para-hydroxylation sites is 1. The summed E-state index contributed by atoms with van der Waals surface area (Å²) in [6.07, 6.45) is 4.08. The van der Waals surface area contributed by atoms with Crippen molar-refractivity contribution in [2.45, 2.75) is 44.8 Å². The molecule has 0 bridgehead atoms. The van der Waals surface area contributed by atoms with Crippen LogP contribution in [0.3, 0.4) is 0 Å². The van der Waals surface area contributed by atoms with Crippen LogP contribution in [0.4, 0.5) is 11.4 Å². The SMILES string of the molecule is Cn1c(C(=O)CC(=O)Nc2cccc3c2CCCN3Cc2ccc(OC3CCNCC3)cc2)cc2ccccc21. The van der Waals surface area contributed by atoms with Crippen molar-refractivity contribution in [2.75, 3.05) is 29.9 Å². The molecule has 0 saturated carbocycles. The van der Waals surface area contributed by atoms with Crippen LogP contribution >= 0.6 is 0 Å². The second kappa shape index (κ2) is 11.6. The van der Waals surface area contributed by atoms with Gasteiger partial charge < -0.3 is 24.8 Å².